The van der Waals surface area contributed by atoms with Crippen molar-refractivity contribution < 1.29 is 0 Å². The van der Waals surface area contributed by atoms with Crippen LogP contribution in [0.3, 0.4) is 0 Å². The highest BCUT2D eigenvalue weighted by Gasteiger charge is 2.79. The summed E-state index contributed by atoms with van der Waals surface area (Å²) in [6, 6.07) is 40.3. The third-order valence-electron chi connectivity index (χ3n) is 14.4. The maximum absolute atomic E-state index is 2.70. The van der Waals surface area contributed by atoms with Crippen LogP contribution >= 0.6 is 0 Å². The molecule has 4 atom stereocenters. The van der Waals surface area contributed by atoms with E-state index in [0.717, 1.165) is 23.7 Å². The Balaban J connectivity index is 1.14. The molecule has 3 bridgehead atoms. The maximum atomic E-state index is 2.70. The summed E-state index contributed by atoms with van der Waals surface area (Å²) in [6.07, 6.45) is 7.44. The minimum absolute atomic E-state index is 0.0206. The summed E-state index contributed by atoms with van der Waals surface area (Å²) in [5.41, 5.74) is 16.8. The van der Waals surface area contributed by atoms with Crippen molar-refractivity contribution in [1.29, 1.82) is 0 Å². The van der Waals surface area contributed by atoms with E-state index in [9.17, 15) is 0 Å². The van der Waals surface area contributed by atoms with Gasteiger partial charge in [-0.1, -0.05) is 86.6 Å². The first kappa shape index (κ1) is 24.2. The van der Waals surface area contributed by atoms with Crippen LogP contribution in [0.15, 0.2) is 103 Å². The lowest BCUT2D eigenvalue weighted by Crippen LogP contribution is -2.62. The number of aromatic nitrogens is 1. The molecule has 1 heteroatoms. The van der Waals surface area contributed by atoms with E-state index in [1.54, 1.807) is 11.1 Å². The van der Waals surface area contributed by atoms with Gasteiger partial charge in [-0.3, -0.25) is 0 Å². The predicted octanol–water partition coefficient (Wildman–Crippen LogP) is 10.8. The molecule has 0 N–H and O–H groups in total. The monoisotopic (exact) mass is 579 g/mol. The van der Waals surface area contributed by atoms with E-state index in [-0.39, 0.29) is 10.8 Å². The summed E-state index contributed by atoms with van der Waals surface area (Å²) in [7, 11) is 0. The fraction of sp³-hybridized carbons (Fsp3) is 0.318. The van der Waals surface area contributed by atoms with Crippen molar-refractivity contribution in [2.45, 2.75) is 56.8 Å². The zero-order valence-electron chi connectivity index (χ0n) is 26.1. The van der Waals surface area contributed by atoms with Gasteiger partial charge in [0.2, 0.25) is 0 Å². The van der Waals surface area contributed by atoms with Gasteiger partial charge in [-0.25, -0.2) is 0 Å². The quantitative estimate of drug-likeness (QED) is 0.183. The van der Waals surface area contributed by atoms with Crippen LogP contribution in [0.5, 0.6) is 0 Å². The number of hydrogen-bond donors (Lipinski definition) is 0. The molecule has 218 valence electrons. The fourth-order valence-corrected chi connectivity index (χ4v) is 13.2. The Morgan fingerprint density at radius 1 is 0.533 bits per heavy atom. The topological polar surface area (TPSA) is 4.93 Å². The predicted molar refractivity (Wildman–Crippen MR) is 184 cm³/mol. The van der Waals surface area contributed by atoms with Crippen molar-refractivity contribution in [2.75, 3.05) is 0 Å². The molecule has 0 saturated heterocycles. The Bertz CT molecular complexity index is 2310. The second-order valence-electron chi connectivity index (χ2n) is 16.3. The Labute approximate surface area is 264 Å². The summed E-state index contributed by atoms with van der Waals surface area (Å²) in [6.45, 7) is 4.79. The highest BCUT2D eigenvalue weighted by Crippen LogP contribution is 2.85. The van der Waals surface area contributed by atoms with Crippen LogP contribution in [0.4, 0.5) is 0 Å². The van der Waals surface area contributed by atoms with Crippen LogP contribution < -0.4 is 0 Å². The molecular weight excluding hydrogens is 542 g/mol. The number of fused-ring (bicyclic) bond motifs is 15. The third kappa shape index (κ3) is 2.48. The lowest BCUT2D eigenvalue weighted by atomic mass is 9.38. The van der Waals surface area contributed by atoms with E-state index >= 15 is 0 Å². The largest absolute Gasteiger partial charge is 0.309 e. The number of hydrogen-bond acceptors (Lipinski definition) is 0. The second-order valence-corrected chi connectivity index (χ2v) is 16.3. The van der Waals surface area contributed by atoms with E-state index in [2.05, 4.69) is 122 Å². The van der Waals surface area contributed by atoms with Gasteiger partial charge in [-0.15, -0.1) is 0 Å². The first-order chi connectivity index (χ1) is 22.0. The Hall–Kier alpha value is -4.10. The van der Waals surface area contributed by atoms with Crippen molar-refractivity contribution in [2.24, 2.45) is 29.1 Å². The zero-order valence-corrected chi connectivity index (χ0v) is 26.1. The molecule has 1 aromatic heterocycles. The normalized spacial score (nSPS) is 31.7. The zero-order chi connectivity index (χ0) is 29.4. The van der Waals surface area contributed by atoms with Crippen LogP contribution in [-0.2, 0) is 10.8 Å². The highest BCUT2D eigenvalue weighted by molar-refractivity contribution is 6.11. The van der Waals surface area contributed by atoms with Crippen LogP contribution in [0.2, 0.25) is 0 Å². The smallest absolute Gasteiger partial charge is 0.0547 e. The standard InChI is InChI=1S/C44H37N/c1-42(2)34-12-6-3-9-28(34)30-16-15-27(20-36(30)42)45-38-14-8-5-11-31(38)33-21-37-32(22-39(33)45)29-10-4-7-13-35(29)44(37)40-18-25-17-26-19-41(44)43(40,23-25)24-26/h3-16,20-22,25-26,40-41H,17-19,23-24H2,1-2H3. The Kier molecular flexibility index (Phi) is 4.01. The number of rotatable bonds is 1. The van der Waals surface area contributed by atoms with Crippen molar-refractivity contribution in [1.82, 2.24) is 4.57 Å². The molecule has 6 aliphatic carbocycles. The van der Waals surface area contributed by atoms with E-state index in [4.69, 9.17) is 0 Å². The van der Waals surface area contributed by atoms with Crippen LogP contribution in [0.1, 0.15) is 68.2 Å². The molecule has 0 radical (unpaired) electrons. The van der Waals surface area contributed by atoms with Crippen molar-refractivity contribution in [3.8, 4) is 27.9 Å². The van der Waals surface area contributed by atoms with Crippen molar-refractivity contribution in [3.05, 3.63) is 125 Å². The van der Waals surface area contributed by atoms with Gasteiger partial charge >= 0.3 is 0 Å². The SMILES string of the molecule is CC1(C)c2ccccc2-c2ccc(-n3c4ccccc4c4cc5c(cc43)-c3ccccc3C53C4CC5CC6CC3C4(C5)C6)cc21. The minimum Gasteiger partial charge on any atom is -0.309 e. The van der Waals surface area contributed by atoms with Gasteiger partial charge in [-0.05, 0) is 136 Å². The molecule has 4 unspecified atom stereocenters. The van der Waals surface area contributed by atoms with Crippen molar-refractivity contribution >= 4 is 21.8 Å². The van der Waals surface area contributed by atoms with E-state index < -0.39 is 0 Å². The average molecular weight is 580 g/mol. The van der Waals surface area contributed by atoms with Gasteiger partial charge in [0.15, 0.2) is 0 Å². The van der Waals surface area contributed by atoms with Gasteiger partial charge in [0, 0.05) is 27.3 Å². The van der Waals surface area contributed by atoms with Gasteiger partial charge in [0.25, 0.3) is 0 Å². The summed E-state index contributed by atoms with van der Waals surface area (Å²) in [5, 5.41) is 2.81. The first-order valence-electron chi connectivity index (χ1n) is 17.4. The van der Waals surface area contributed by atoms with Crippen LogP contribution in [0.25, 0.3) is 49.7 Å². The van der Waals surface area contributed by atoms with E-state index in [1.165, 1.54) is 93.0 Å². The maximum Gasteiger partial charge on any atom is 0.0547 e. The molecule has 45 heavy (non-hydrogen) atoms. The molecule has 4 saturated carbocycles. The molecule has 6 aliphatic rings. The van der Waals surface area contributed by atoms with Gasteiger partial charge in [-0.2, -0.15) is 0 Å². The van der Waals surface area contributed by atoms with Gasteiger partial charge < -0.3 is 4.57 Å². The van der Waals surface area contributed by atoms with Crippen LogP contribution in [-0.4, -0.2) is 4.57 Å². The highest BCUT2D eigenvalue weighted by atomic mass is 15.0. The van der Waals surface area contributed by atoms with Crippen molar-refractivity contribution in [3.63, 3.8) is 0 Å². The number of benzene rings is 5. The summed E-state index contributed by atoms with van der Waals surface area (Å²) in [4.78, 5) is 0. The Morgan fingerprint density at radius 3 is 2.00 bits per heavy atom. The van der Waals surface area contributed by atoms with Gasteiger partial charge in [0.1, 0.15) is 0 Å². The molecule has 0 amide bonds. The molecule has 12 rings (SSSR count). The van der Waals surface area contributed by atoms with E-state index in [0.29, 0.717) is 5.41 Å². The molecular formula is C44H37N. The molecule has 1 heterocycles. The molecule has 0 aliphatic heterocycles. The first-order valence-corrected chi connectivity index (χ1v) is 17.4. The molecule has 1 nitrogen and oxygen atoms in total. The molecule has 5 aromatic carbocycles. The summed E-state index contributed by atoms with van der Waals surface area (Å²) in [5.74, 6) is 3.58. The lowest BCUT2D eigenvalue weighted by molar-refractivity contribution is -0.0819. The van der Waals surface area contributed by atoms with E-state index in [1.807, 2.05) is 0 Å². The fourth-order valence-electron chi connectivity index (χ4n) is 13.2. The third-order valence-corrected chi connectivity index (χ3v) is 14.4. The second kappa shape index (κ2) is 7.47. The van der Waals surface area contributed by atoms with Crippen LogP contribution in [0, 0.1) is 29.1 Å². The minimum atomic E-state index is -0.0206. The molecule has 2 spiro atoms. The number of nitrogens with zero attached hydrogens (tertiary/aromatic N) is 1. The van der Waals surface area contributed by atoms with Gasteiger partial charge in [0.05, 0.1) is 11.0 Å². The molecule has 6 aromatic rings. The summed E-state index contributed by atoms with van der Waals surface area (Å²) >= 11 is 0. The lowest BCUT2D eigenvalue weighted by Gasteiger charge is -2.64. The Morgan fingerprint density at radius 2 is 1.20 bits per heavy atom. The summed E-state index contributed by atoms with van der Waals surface area (Å²) < 4.78 is 2.57. The molecule has 4 fully saturated rings. The average Bonchev–Trinajstić information content (AvgIpc) is 3.76. The number of para-hydroxylation sites is 1.